The third kappa shape index (κ3) is 3.88. The highest BCUT2D eigenvalue weighted by atomic mass is 32.1. The highest BCUT2D eigenvalue weighted by Crippen LogP contribution is 2.28. The van der Waals surface area contributed by atoms with Gasteiger partial charge in [-0.2, -0.15) is 0 Å². The second kappa shape index (κ2) is 7.61. The van der Waals surface area contributed by atoms with Crippen molar-refractivity contribution in [3.8, 4) is 0 Å². The first-order chi connectivity index (χ1) is 12.5. The van der Waals surface area contributed by atoms with Crippen LogP contribution in [0.2, 0.25) is 0 Å². The molecule has 0 aliphatic rings. The third-order valence-electron chi connectivity index (χ3n) is 4.03. The SMILES string of the molecule is C[C@@H](c1nc2ccccc2s1)N(C)C(=O)COC(=O)c1cccc(F)c1. The maximum atomic E-state index is 13.1. The lowest BCUT2D eigenvalue weighted by atomic mass is 10.2. The van der Waals surface area contributed by atoms with E-state index in [-0.39, 0.29) is 17.5 Å². The molecule has 26 heavy (non-hydrogen) atoms. The zero-order valence-corrected chi connectivity index (χ0v) is 15.1. The van der Waals surface area contributed by atoms with Gasteiger partial charge >= 0.3 is 5.97 Å². The number of halogens is 1. The number of aromatic nitrogens is 1. The standard InChI is InChI=1S/C19H17FN2O3S/c1-12(18-21-15-8-3-4-9-16(15)26-18)22(2)17(23)11-25-19(24)13-6-5-7-14(20)10-13/h3-10,12H,11H2,1-2H3/t12-/m0/s1. The maximum absolute atomic E-state index is 13.1. The number of thiazole rings is 1. The molecule has 3 rings (SSSR count). The average Bonchev–Trinajstić information content (AvgIpc) is 3.08. The third-order valence-corrected chi connectivity index (χ3v) is 5.24. The fourth-order valence-corrected chi connectivity index (χ4v) is 3.44. The lowest BCUT2D eigenvalue weighted by Gasteiger charge is -2.23. The van der Waals surface area contributed by atoms with Gasteiger partial charge in [0.25, 0.3) is 5.91 Å². The highest BCUT2D eigenvalue weighted by Gasteiger charge is 2.22. The molecule has 0 unspecified atom stereocenters. The van der Waals surface area contributed by atoms with Crippen molar-refractivity contribution >= 4 is 33.4 Å². The molecule has 0 N–H and O–H groups in total. The van der Waals surface area contributed by atoms with Crippen molar-refractivity contribution in [2.45, 2.75) is 13.0 Å². The van der Waals surface area contributed by atoms with Crippen LogP contribution in [0.5, 0.6) is 0 Å². The zero-order valence-electron chi connectivity index (χ0n) is 14.3. The summed E-state index contributed by atoms with van der Waals surface area (Å²) in [7, 11) is 1.63. The Morgan fingerprint density at radius 3 is 2.73 bits per heavy atom. The summed E-state index contributed by atoms with van der Waals surface area (Å²) in [5.74, 6) is -1.63. The minimum atomic E-state index is -0.737. The molecule has 0 fully saturated rings. The fourth-order valence-electron chi connectivity index (χ4n) is 2.38. The molecule has 0 saturated carbocycles. The van der Waals surface area contributed by atoms with Crippen molar-refractivity contribution in [3.63, 3.8) is 0 Å². The molecule has 0 radical (unpaired) electrons. The summed E-state index contributed by atoms with van der Waals surface area (Å²) in [5, 5.41) is 0.804. The van der Waals surface area contributed by atoms with Gasteiger partial charge < -0.3 is 9.64 Å². The van der Waals surface area contributed by atoms with Crippen LogP contribution in [0.3, 0.4) is 0 Å². The zero-order chi connectivity index (χ0) is 18.7. The number of hydrogen-bond acceptors (Lipinski definition) is 5. The maximum Gasteiger partial charge on any atom is 0.338 e. The summed E-state index contributed by atoms with van der Waals surface area (Å²) in [6.07, 6.45) is 0. The second-order valence-corrected chi connectivity index (χ2v) is 6.85. The van der Waals surface area contributed by atoms with Crippen molar-refractivity contribution in [1.29, 1.82) is 0 Å². The van der Waals surface area contributed by atoms with Crippen molar-refractivity contribution in [1.82, 2.24) is 9.88 Å². The van der Waals surface area contributed by atoms with Crippen LogP contribution >= 0.6 is 11.3 Å². The lowest BCUT2D eigenvalue weighted by molar-refractivity contribution is -0.135. The smallest absolute Gasteiger partial charge is 0.338 e. The molecule has 0 saturated heterocycles. The number of likely N-dealkylation sites (N-methyl/N-ethyl adjacent to an activating group) is 1. The predicted octanol–water partition coefficient (Wildman–Crippen LogP) is 3.81. The van der Waals surface area contributed by atoms with Crippen LogP contribution in [0.25, 0.3) is 10.2 Å². The van der Waals surface area contributed by atoms with Crippen molar-refractivity contribution in [3.05, 3.63) is 64.9 Å². The van der Waals surface area contributed by atoms with Crippen molar-refractivity contribution in [2.24, 2.45) is 0 Å². The molecule has 1 amide bonds. The molecular weight excluding hydrogens is 355 g/mol. The number of carbonyl (C=O) groups excluding carboxylic acids is 2. The topological polar surface area (TPSA) is 59.5 Å². The number of fused-ring (bicyclic) bond motifs is 1. The van der Waals surface area contributed by atoms with Gasteiger partial charge in [-0.05, 0) is 37.3 Å². The summed E-state index contributed by atoms with van der Waals surface area (Å²) >= 11 is 1.52. The predicted molar refractivity (Wildman–Crippen MR) is 97.5 cm³/mol. The van der Waals surface area contributed by atoms with Gasteiger partial charge in [-0.15, -0.1) is 11.3 Å². The number of para-hydroxylation sites is 1. The van der Waals surface area contributed by atoms with E-state index < -0.39 is 18.4 Å². The monoisotopic (exact) mass is 372 g/mol. The van der Waals surface area contributed by atoms with Crippen LogP contribution in [0.15, 0.2) is 48.5 Å². The highest BCUT2D eigenvalue weighted by molar-refractivity contribution is 7.18. The Morgan fingerprint density at radius 2 is 2.00 bits per heavy atom. The van der Waals surface area contributed by atoms with E-state index in [1.807, 2.05) is 31.2 Å². The molecule has 3 aromatic rings. The number of carbonyl (C=O) groups is 2. The summed E-state index contributed by atoms with van der Waals surface area (Å²) in [6, 6.07) is 12.6. The van der Waals surface area contributed by atoms with Gasteiger partial charge in [0.1, 0.15) is 10.8 Å². The molecule has 2 aromatic carbocycles. The van der Waals surface area contributed by atoms with Crippen LogP contribution in [0.1, 0.15) is 28.3 Å². The average molecular weight is 372 g/mol. The molecule has 134 valence electrons. The van der Waals surface area contributed by atoms with Crippen LogP contribution in [-0.4, -0.2) is 35.4 Å². The summed E-state index contributed by atoms with van der Waals surface area (Å²) in [6.45, 7) is 1.45. The van der Waals surface area contributed by atoms with Crippen LogP contribution < -0.4 is 0 Å². The summed E-state index contributed by atoms with van der Waals surface area (Å²) < 4.78 is 19.2. The van der Waals surface area contributed by atoms with E-state index >= 15 is 0 Å². The van der Waals surface area contributed by atoms with Gasteiger partial charge in [-0.3, -0.25) is 4.79 Å². The van der Waals surface area contributed by atoms with E-state index in [0.717, 1.165) is 21.3 Å². The summed E-state index contributed by atoms with van der Waals surface area (Å²) in [5.41, 5.74) is 0.956. The largest absolute Gasteiger partial charge is 0.452 e. The van der Waals surface area contributed by atoms with Crippen LogP contribution in [0.4, 0.5) is 4.39 Å². The van der Waals surface area contributed by atoms with E-state index in [0.29, 0.717) is 0 Å². The molecule has 0 bridgehead atoms. The molecule has 1 aromatic heterocycles. The first-order valence-corrected chi connectivity index (χ1v) is 8.81. The molecule has 0 aliphatic carbocycles. The lowest BCUT2D eigenvalue weighted by Crippen LogP contribution is -2.33. The Balaban J connectivity index is 1.62. The minimum Gasteiger partial charge on any atom is -0.452 e. The number of ether oxygens (including phenoxy) is 1. The van der Waals surface area contributed by atoms with Gasteiger partial charge in [0, 0.05) is 7.05 Å². The Bertz CT molecular complexity index is 924. The number of benzene rings is 2. The Morgan fingerprint density at radius 1 is 1.23 bits per heavy atom. The number of nitrogens with zero attached hydrogens (tertiary/aromatic N) is 2. The molecule has 7 heteroatoms. The minimum absolute atomic E-state index is 0.0691. The van der Waals surface area contributed by atoms with Gasteiger partial charge in [0.15, 0.2) is 6.61 Å². The molecule has 0 aliphatic heterocycles. The molecule has 0 spiro atoms. The van der Waals surface area contributed by atoms with Gasteiger partial charge in [-0.1, -0.05) is 18.2 Å². The van der Waals surface area contributed by atoms with E-state index in [4.69, 9.17) is 4.74 Å². The van der Waals surface area contributed by atoms with E-state index in [9.17, 15) is 14.0 Å². The first kappa shape index (κ1) is 18.0. The fraction of sp³-hybridized carbons (Fsp3) is 0.211. The van der Waals surface area contributed by atoms with E-state index in [2.05, 4.69) is 4.98 Å². The molecule has 5 nitrogen and oxygen atoms in total. The van der Waals surface area contributed by atoms with E-state index in [1.54, 1.807) is 7.05 Å². The van der Waals surface area contributed by atoms with Gasteiger partial charge in [-0.25, -0.2) is 14.2 Å². The van der Waals surface area contributed by atoms with Gasteiger partial charge in [0.2, 0.25) is 0 Å². The van der Waals surface area contributed by atoms with Crippen molar-refractivity contribution in [2.75, 3.05) is 13.7 Å². The molecule has 1 atom stereocenters. The Labute approximate surface area is 154 Å². The normalized spacial score (nSPS) is 12.0. The van der Waals surface area contributed by atoms with Crippen LogP contribution in [0, 0.1) is 5.82 Å². The van der Waals surface area contributed by atoms with E-state index in [1.165, 1.54) is 34.4 Å². The van der Waals surface area contributed by atoms with Crippen molar-refractivity contribution < 1.29 is 18.7 Å². The van der Waals surface area contributed by atoms with Gasteiger partial charge in [0.05, 0.1) is 21.8 Å². The number of amides is 1. The quantitative estimate of drug-likeness (QED) is 0.639. The number of rotatable bonds is 5. The number of hydrogen-bond donors (Lipinski definition) is 0. The summed E-state index contributed by atoms with van der Waals surface area (Å²) in [4.78, 5) is 30.3. The molecular formula is C19H17FN2O3S. The Hall–Kier alpha value is -2.80. The second-order valence-electron chi connectivity index (χ2n) is 5.79. The van der Waals surface area contributed by atoms with Crippen LogP contribution in [-0.2, 0) is 9.53 Å². The first-order valence-electron chi connectivity index (χ1n) is 7.99. The molecule has 1 heterocycles. The number of esters is 1. The Kier molecular flexibility index (Phi) is 5.27.